The van der Waals surface area contributed by atoms with Gasteiger partial charge < -0.3 is 0 Å². The molecule has 1 fully saturated rings. The number of hydrogen-bond donors (Lipinski definition) is 0. The molecule has 1 atom stereocenters. The largest absolute Gasteiger partial charge is 0.280 e. The second-order valence-corrected chi connectivity index (χ2v) is 8.81. The summed E-state index contributed by atoms with van der Waals surface area (Å²) in [5.74, 6) is -0.231. The first-order valence-corrected chi connectivity index (χ1v) is 11.1. The van der Waals surface area contributed by atoms with Gasteiger partial charge >= 0.3 is 0 Å². The Balaban J connectivity index is 1.70. The summed E-state index contributed by atoms with van der Waals surface area (Å²) < 4.78 is 13.4. The number of benzene rings is 3. The molecule has 0 saturated carbocycles. The van der Waals surface area contributed by atoms with E-state index in [9.17, 15) is 4.39 Å². The third kappa shape index (κ3) is 4.99. The minimum Gasteiger partial charge on any atom is -0.280 e. The van der Waals surface area contributed by atoms with Crippen molar-refractivity contribution < 1.29 is 4.39 Å². The number of nitrogens with zero attached hydrogens (tertiary/aromatic N) is 2. The van der Waals surface area contributed by atoms with Crippen LogP contribution in [-0.2, 0) is 13.1 Å². The van der Waals surface area contributed by atoms with Gasteiger partial charge in [0.2, 0.25) is 0 Å². The molecule has 0 bridgehead atoms. The van der Waals surface area contributed by atoms with Crippen LogP contribution in [0.3, 0.4) is 0 Å². The van der Waals surface area contributed by atoms with E-state index < -0.39 is 0 Å². The molecule has 0 unspecified atom stereocenters. The van der Waals surface area contributed by atoms with E-state index in [0.717, 1.165) is 47.8 Å². The van der Waals surface area contributed by atoms with Gasteiger partial charge in [0.1, 0.15) is 5.82 Å². The van der Waals surface area contributed by atoms with Crippen LogP contribution in [0.5, 0.6) is 0 Å². The van der Waals surface area contributed by atoms with Crippen LogP contribution in [0.25, 0.3) is 0 Å². The Morgan fingerprint density at radius 1 is 0.767 bits per heavy atom. The molecule has 3 aromatic rings. The molecule has 1 saturated heterocycles. The third-order valence-electron chi connectivity index (χ3n) is 5.41. The van der Waals surface area contributed by atoms with Gasteiger partial charge in [0.25, 0.3) is 0 Å². The molecule has 0 N–H and O–H groups in total. The highest BCUT2D eigenvalue weighted by molar-refractivity contribution is 6.36. The molecule has 3 aromatic carbocycles. The predicted molar refractivity (Wildman–Crippen MR) is 122 cm³/mol. The molecule has 0 amide bonds. The SMILES string of the molecule is Fc1ccc(CN2CCCN(Cc3cccc(Cl)c3)[C@H]2c2c(Cl)cccc2Cl)cc1. The van der Waals surface area contributed by atoms with Gasteiger partial charge in [0, 0.05) is 46.8 Å². The van der Waals surface area contributed by atoms with Crippen molar-refractivity contribution in [2.45, 2.75) is 25.7 Å². The maximum Gasteiger partial charge on any atom is 0.123 e. The van der Waals surface area contributed by atoms with Crippen molar-refractivity contribution in [2.24, 2.45) is 0 Å². The Morgan fingerprint density at radius 2 is 1.37 bits per heavy atom. The Bertz CT molecular complexity index is 989. The minimum atomic E-state index is -0.231. The molecule has 0 aliphatic carbocycles. The highest BCUT2D eigenvalue weighted by Crippen LogP contribution is 2.39. The zero-order chi connectivity index (χ0) is 21.1. The maximum atomic E-state index is 13.4. The van der Waals surface area contributed by atoms with Crippen LogP contribution < -0.4 is 0 Å². The second kappa shape index (κ2) is 9.67. The van der Waals surface area contributed by atoms with Gasteiger partial charge in [0.05, 0.1) is 6.17 Å². The van der Waals surface area contributed by atoms with Crippen molar-refractivity contribution in [1.82, 2.24) is 9.80 Å². The summed E-state index contributed by atoms with van der Waals surface area (Å²) in [4.78, 5) is 4.74. The van der Waals surface area contributed by atoms with Crippen molar-refractivity contribution in [1.29, 1.82) is 0 Å². The van der Waals surface area contributed by atoms with E-state index in [0.29, 0.717) is 16.6 Å². The summed E-state index contributed by atoms with van der Waals surface area (Å²) in [6.45, 7) is 3.22. The van der Waals surface area contributed by atoms with E-state index in [1.54, 1.807) is 0 Å². The molecule has 0 aromatic heterocycles. The van der Waals surface area contributed by atoms with E-state index in [2.05, 4.69) is 15.9 Å². The first-order chi connectivity index (χ1) is 14.5. The van der Waals surface area contributed by atoms with E-state index in [4.69, 9.17) is 34.8 Å². The zero-order valence-electron chi connectivity index (χ0n) is 16.4. The fourth-order valence-corrected chi connectivity index (χ4v) is 4.91. The Labute approximate surface area is 191 Å². The average Bonchev–Trinajstić information content (AvgIpc) is 2.71. The molecular formula is C24H22Cl3FN2. The number of rotatable bonds is 5. The molecule has 6 heteroatoms. The van der Waals surface area contributed by atoms with Gasteiger partial charge in [-0.05, 0) is 53.9 Å². The van der Waals surface area contributed by atoms with Crippen molar-refractivity contribution in [3.8, 4) is 0 Å². The van der Waals surface area contributed by atoms with Crippen LogP contribution >= 0.6 is 34.8 Å². The van der Waals surface area contributed by atoms with Crippen LogP contribution in [0.4, 0.5) is 4.39 Å². The summed E-state index contributed by atoms with van der Waals surface area (Å²) >= 11 is 19.5. The van der Waals surface area contributed by atoms with E-state index in [1.807, 2.05) is 48.5 Å². The summed E-state index contributed by atoms with van der Waals surface area (Å²) in [7, 11) is 0. The lowest BCUT2D eigenvalue weighted by Crippen LogP contribution is -2.47. The number of hydrogen-bond acceptors (Lipinski definition) is 2. The van der Waals surface area contributed by atoms with Crippen LogP contribution in [-0.4, -0.2) is 22.9 Å². The second-order valence-electron chi connectivity index (χ2n) is 7.56. The molecule has 1 aliphatic rings. The fraction of sp³-hybridized carbons (Fsp3) is 0.250. The van der Waals surface area contributed by atoms with Crippen LogP contribution in [0.15, 0.2) is 66.7 Å². The molecular weight excluding hydrogens is 442 g/mol. The van der Waals surface area contributed by atoms with E-state index in [1.165, 1.54) is 12.1 Å². The number of halogens is 4. The van der Waals surface area contributed by atoms with Gasteiger partial charge in [0.15, 0.2) is 0 Å². The first-order valence-electron chi connectivity index (χ1n) is 9.92. The summed E-state index contributed by atoms with van der Waals surface area (Å²) in [5.41, 5.74) is 3.10. The van der Waals surface area contributed by atoms with Gasteiger partial charge in [-0.1, -0.05) is 65.1 Å². The van der Waals surface area contributed by atoms with E-state index >= 15 is 0 Å². The van der Waals surface area contributed by atoms with Crippen LogP contribution in [0, 0.1) is 5.82 Å². The predicted octanol–water partition coefficient (Wildman–Crippen LogP) is 7.19. The highest BCUT2D eigenvalue weighted by Gasteiger charge is 2.33. The molecule has 4 rings (SSSR count). The lowest BCUT2D eigenvalue weighted by atomic mass is 10.0. The van der Waals surface area contributed by atoms with Crippen LogP contribution in [0.1, 0.15) is 29.3 Å². The molecule has 0 spiro atoms. The molecule has 1 heterocycles. The molecule has 0 radical (unpaired) electrons. The van der Waals surface area contributed by atoms with E-state index in [-0.39, 0.29) is 12.0 Å². The monoisotopic (exact) mass is 462 g/mol. The van der Waals surface area contributed by atoms with Gasteiger partial charge in [-0.25, -0.2) is 4.39 Å². The summed E-state index contributed by atoms with van der Waals surface area (Å²) in [5, 5.41) is 2.02. The quantitative estimate of drug-likeness (QED) is 0.395. The van der Waals surface area contributed by atoms with Crippen molar-refractivity contribution in [3.63, 3.8) is 0 Å². The van der Waals surface area contributed by atoms with Gasteiger partial charge in [-0.15, -0.1) is 0 Å². The Kier molecular flexibility index (Phi) is 6.97. The first kappa shape index (κ1) is 21.6. The zero-order valence-corrected chi connectivity index (χ0v) is 18.6. The lowest BCUT2D eigenvalue weighted by molar-refractivity contribution is -0.00897. The van der Waals surface area contributed by atoms with Crippen molar-refractivity contribution in [2.75, 3.05) is 13.1 Å². The minimum absolute atomic E-state index is 0.0935. The van der Waals surface area contributed by atoms with Crippen molar-refractivity contribution in [3.05, 3.63) is 104 Å². The summed E-state index contributed by atoms with van der Waals surface area (Å²) in [6.07, 6.45) is 0.921. The van der Waals surface area contributed by atoms with Gasteiger partial charge in [-0.2, -0.15) is 0 Å². The average molecular weight is 464 g/mol. The molecule has 156 valence electrons. The smallest absolute Gasteiger partial charge is 0.123 e. The Hall–Kier alpha value is -1.62. The third-order valence-corrected chi connectivity index (χ3v) is 6.31. The lowest BCUT2D eigenvalue weighted by Gasteiger charge is -2.45. The molecule has 2 nitrogen and oxygen atoms in total. The Morgan fingerprint density at radius 3 is 2.00 bits per heavy atom. The highest BCUT2D eigenvalue weighted by atomic mass is 35.5. The maximum absolute atomic E-state index is 13.4. The molecule has 30 heavy (non-hydrogen) atoms. The van der Waals surface area contributed by atoms with Crippen molar-refractivity contribution >= 4 is 34.8 Å². The molecule has 1 aliphatic heterocycles. The summed E-state index contributed by atoms with van der Waals surface area (Å²) in [6, 6.07) is 20.2. The normalized spacial score (nSPS) is 17.9. The topological polar surface area (TPSA) is 6.48 Å². The van der Waals surface area contributed by atoms with Gasteiger partial charge in [-0.3, -0.25) is 9.80 Å². The fourth-order valence-electron chi connectivity index (χ4n) is 4.10. The van der Waals surface area contributed by atoms with Crippen LogP contribution in [0.2, 0.25) is 15.1 Å². The standard InChI is InChI=1S/C24H22Cl3FN2/c25-19-5-1-4-18(14-19)16-30-13-3-12-29(15-17-8-10-20(28)11-9-17)24(30)23-21(26)6-2-7-22(23)27/h1-2,4-11,14,24H,3,12-13,15-16H2/t24-/m0/s1.